The summed E-state index contributed by atoms with van der Waals surface area (Å²) in [6, 6.07) is 22.0. The van der Waals surface area contributed by atoms with Gasteiger partial charge in [-0.1, -0.05) is 24.3 Å². The first-order chi connectivity index (χ1) is 22.7. The summed E-state index contributed by atoms with van der Waals surface area (Å²) in [6.45, 7) is 6.28. The molecular weight excluding hydrogens is 588 g/mol. The van der Waals surface area contributed by atoms with Gasteiger partial charge in [-0.15, -0.1) is 0 Å². The van der Waals surface area contributed by atoms with E-state index < -0.39 is 0 Å². The molecule has 0 amide bonds. The van der Waals surface area contributed by atoms with Crippen molar-refractivity contribution in [2.75, 3.05) is 55.6 Å². The van der Waals surface area contributed by atoms with Crippen molar-refractivity contribution in [2.24, 2.45) is 0 Å². The van der Waals surface area contributed by atoms with Crippen LogP contribution >= 0.6 is 0 Å². The Hall–Kier alpha value is -4.20. The van der Waals surface area contributed by atoms with E-state index in [2.05, 4.69) is 92.3 Å². The van der Waals surface area contributed by atoms with Gasteiger partial charge in [0.05, 0.1) is 28.4 Å². The summed E-state index contributed by atoms with van der Waals surface area (Å²) >= 11 is 0. The number of rotatable bonds is 10. The molecule has 0 radical (unpaired) electrons. The van der Waals surface area contributed by atoms with Crippen LogP contribution in [0.5, 0.6) is 34.5 Å². The molecule has 2 atom stereocenters. The van der Waals surface area contributed by atoms with E-state index in [-0.39, 0.29) is 6.04 Å². The Morgan fingerprint density at radius 2 is 1.23 bits per heavy atom. The minimum atomic E-state index is 0.201. The summed E-state index contributed by atoms with van der Waals surface area (Å²) in [6.07, 6.45) is 3.79. The average molecular weight is 637 g/mol. The van der Waals surface area contributed by atoms with Crippen LogP contribution in [-0.2, 0) is 25.7 Å². The van der Waals surface area contributed by atoms with E-state index in [0.29, 0.717) is 17.5 Å². The first kappa shape index (κ1) is 32.7. The molecule has 7 nitrogen and oxygen atoms in total. The zero-order chi connectivity index (χ0) is 33.2. The van der Waals surface area contributed by atoms with Crippen molar-refractivity contribution in [2.45, 2.75) is 51.6 Å². The Kier molecular flexibility index (Phi) is 9.67. The lowest BCUT2D eigenvalue weighted by molar-refractivity contribution is 0.226. The van der Waals surface area contributed by atoms with Gasteiger partial charge in [-0.05, 0) is 135 Å². The maximum atomic E-state index is 6.48. The maximum absolute atomic E-state index is 6.48. The lowest BCUT2D eigenvalue weighted by Crippen LogP contribution is -2.34. The number of aryl methyl sites for hydroxylation is 1. The summed E-state index contributed by atoms with van der Waals surface area (Å²) in [7, 11) is 11.3. The van der Waals surface area contributed by atoms with E-state index in [4.69, 9.17) is 23.7 Å². The van der Waals surface area contributed by atoms with Crippen molar-refractivity contribution in [1.82, 2.24) is 9.80 Å². The Balaban J connectivity index is 1.21. The van der Waals surface area contributed by atoms with Gasteiger partial charge in [-0.3, -0.25) is 9.80 Å². The van der Waals surface area contributed by atoms with Crippen molar-refractivity contribution in [1.29, 1.82) is 0 Å². The number of ether oxygens (including phenoxy) is 5. The van der Waals surface area contributed by atoms with E-state index >= 15 is 0 Å². The molecule has 4 aromatic carbocycles. The second-order valence-corrected chi connectivity index (χ2v) is 13.0. The predicted octanol–water partition coefficient (Wildman–Crippen LogP) is 7.67. The number of benzene rings is 4. The molecule has 0 unspecified atom stereocenters. The highest BCUT2D eigenvalue weighted by molar-refractivity contribution is 5.56. The second-order valence-electron chi connectivity index (χ2n) is 13.0. The fourth-order valence-corrected chi connectivity index (χ4v) is 7.51. The Morgan fingerprint density at radius 3 is 1.91 bits per heavy atom. The number of likely N-dealkylation sites (N-methyl/N-ethyl adjacent to an activating group) is 2. The third-order valence-corrected chi connectivity index (χ3v) is 10.2. The van der Waals surface area contributed by atoms with Crippen LogP contribution in [0, 0.1) is 13.8 Å². The summed E-state index contributed by atoms with van der Waals surface area (Å²) in [5.74, 6) is 4.79. The molecule has 0 fully saturated rings. The number of methoxy groups -OCH3 is 4. The highest BCUT2D eigenvalue weighted by atomic mass is 16.5. The highest BCUT2D eigenvalue weighted by Gasteiger charge is 2.30. The van der Waals surface area contributed by atoms with Crippen LogP contribution in [0.1, 0.15) is 56.6 Å². The predicted molar refractivity (Wildman–Crippen MR) is 187 cm³/mol. The summed E-state index contributed by atoms with van der Waals surface area (Å²) in [5, 5.41) is 0. The monoisotopic (exact) mass is 636 g/mol. The van der Waals surface area contributed by atoms with Crippen LogP contribution in [0.25, 0.3) is 0 Å². The SMILES string of the molecule is COc1cc2c(cc1C)[C@H](Cc1ccc(Oc3cc(C[C@H]4c5c(cc(OC)c(OC)c5C)CCN4C)ccc3OC)cc1)N(C)CC2. The Bertz CT molecular complexity index is 1730. The molecule has 0 bridgehead atoms. The standard InChI is InChI=1S/C40H48N2O5/c1-25-19-32-29(23-36(25)44-6)15-17-41(3)33(32)20-27-9-12-31(13-10-27)47-37-22-28(11-14-35(37)43-5)21-34-39-26(2)40(46-8)38(45-7)24-30(39)16-18-42(34)4/h9-14,19,22-24,33-34H,15-18,20-21H2,1-8H3/t33-,34-/m0/s1. The van der Waals surface area contributed by atoms with Crippen molar-refractivity contribution in [3.05, 3.63) is 105 Å². The van der Waals surface area contributed by atoms with E-state index in [1.165, 1.54) is 38.9 Å². The minimum absolute atomic E-state index is 0.201. The number of fused-ring (bicyclic) bond motifs is 2. The molecule has 6 rings (SSSR count). The zero-order valence-corrected chi connectivity index (χ0v) is 29.1. The summed E-state index contributed by atoms with van der Waals surface area (Å²) in [5.41, 5.74) is 10.2. The average Bonchev–Trinajstić information content (AvgIpc) is 3.08. The van der Waals surface area contributed by atoms with Crippen molar-refractivity contribution in [3.8, 4) is 34.5 Å². The van der Waals surface area contributed by atoms with Crippen LogP contribution in [0.3, 0.4) is 0 Å². The highest BCUT2D eigenvalue weighted by Crippen LogP contribution is 2.43. The minimum Gasteiger partial charge on any atom is -0.496 e. The van der Waals surface area contributed by atoms with Gasteiger partial charge in [0.15, 0.2) is 23.0 Å². The normalized spacial score (nSPS) is 17.9. The smallest absolute Gasteiger partial charge is 0.169 e. The topological polar surface area (TPSA) is 52.6 Å². The fourth-order valence-electron chi connectivity index (χ4n) is 7.51. The third kappa shape index (κ3) is 6.52. The van der Waals surface area contributed by atoms with E-state index in [1.54, 1.807) is 28.4 Å². The van der Waals surface area contributed by atoms with Crippen LogP contribution < -0.4 is 23.7 Å². The molecular formula is C40H48N2O5. The zero-order valence-electron chi connectivity index (χ0n) is 29.1. The third-order valence-electron chi connectivity index (χ3n) is 10.2. The van der Waals surface area contributed by atoms with Crippen LogP contribution in [0.4, 0.5) is 0 Å². The quantitative estimate of drug-likeness (QED) is 0.177. The first-order valence-electron chi connectivity index (χ1n) is 16.5. The van der Waals surface area contributed by atoms with Gasteiger partial charge in [-0.2, -0.15) is 0 Å². The van der Waals surface area contributed by atoms with Crippen molar-refractivity contribution in [3.63, 3.8) is 0 Å². The van der Waals surface area contributed by atoms with Gasteiger partial charge in [0.25, 0.3) is 0 Å². The molecule has 2 heterocycles. The molecule has 0 spiro atoms. The van der Waals surface area contributed by atoms with Crippen LogP contribution in [0.2, 0.25) is 0 Å². The maximum Gasteiger partial charge on any atom is 0.169 e. The lowest BCUT2D eigenvalue weighted by Gasteiger charge is -2.37. The van der Waals surface area contributed by atoms with Gasteiger partial charge in [0.1, 0.15) is 11.5 Å². The fraction of sp³-hybridized carbons (Fsp3) is 0.400. The molecule has 7 heteroatoms. The van der Waals surface area contributed by atoms with E-state index in [1.807, 2.05) is 6.07 Å². The molecule has 0 N–H and O–H groups in total. The van der Waals surface area contributed by atoms with Gasteiger partial charge < -0.3 is 23.7 Å². The van der Waals surface area contributed by atoms with Crippen molar-refractivity contribution >= 4 is 0 Å². The molecule has 47 heavy (non-hydrogen) atoms. The van der Waals surface area contributed by atoms with E-state index in [9.17, 15) is 0 Å². The molecule has 0 saturated heterocycles. The molecule has 2 aliphatic rings. The first-order valence-corrected chi connectivity index (χ1v) is 16.5. The van der Waals surface area contributed by atoms with Gasteiger partial charge >= 0.3 is 0 Å². The Morgan fingerprint density at radius 1 is 0.617 bits per heavy atom. The van der Waals surface area contributed by atoms with Crippen LogP contribution in [0.15, 0.2) is 60.7 Å². The molecule has 4 aromatic rings. The number of hydrogen-bond acceptors (Lipinski definition) is 7. The molecule has 0 saturated carbocycles. The van der Waals surface area contributed by atoms with E-state index in [0.717, 1.165) is 67.3 Å². The van der Waals surface area contributed by atoms with Gasteiger partial charge in [-0.25, -0.2) is 0 Å². The number of nitrogens with zero attached hydrogens (tertiary/aromatic N) is 2. The molecule has 248 valence electrons. The Labute approximate surface area is 280 Å². The number of hydrogen-bond donors (Lipinski definition) is 0. The summed E-state index contributed by atoms with van der Waals surface area (Å²) in [4.78, 5) is 4.90. The van der Waals surface area contributed by atoms with Gasteiger partial charge in [0, 0.05) is 25.2 Å². The molecule has 0 aromatic heterocycles. The van der Waals surface area contributed by atoms with Crippen LogP contribution in [-0.4, -0.2) is 65.4 Å². The molecule has 0 aliphatic carbocycles. The van der Waals surface area contributed by atoms with Crippen molar-refractivity contribution < 1.29 is 23.7 Å². The second kappa shape index (κ2) is 13.9. The molecule has 2 aliphatic heterocycles. The lowest BCUT2D eigenvalue weighted by atomic mass is 9.85. The van der Waals surface area contributed by atoms with Gasteiger partial charge in [0.2, 0.25) is 0 Å². The largest absolute Gasteiger partial charge is 0.496 e. The summed E-state index contributed by atoms with van der Waals surface area (Å²) < 4.78 is 29.3.